The molecule has 0 aliphatic carbocycles. The fourth-order valence-electron chi connectivity index (χ4n) is 3.08. The van der Waals surface area contributed by atoms with Crippen molar-refractivity contribution in [3.8, 4) is 5.75 Å². The molecule has 4 nitrogen and oxygen atoms in total. The first-order valence-corrected chi connectivity index (χ1v) is 8.48. The molecule has 0 spiro atoms. The van der Waals surface area contributed by atoms with Gasteiger partial charge in [0.2, 0.25) is 0 Å². The Labute approximate surface area is 155 Å². The predicted octanol–water partition coefficient (Wildman–Crippen LogP) is 4.94. The van der Waals surface area contributed by atoms with Gasteiger partial charge in [0.05, 0.1) is 20.1 Å². The molecule has 3 rings (SSSR count). The lowest BCUT2D eigenvalue weighted by molar-refractivity contribution is -0.136. The van der Waals surface area contributed by atoms with Crippen LogP contribution in [0.2, 0.25) is 10.0 Å². The van der Waals surface area contributed by atoms with E-state index < -0.39 is 5.97 Å². The Morgan fingerprint density at radius 3 is 2.44 bits per heavy atom. The molecule has 0 aliphatic rings. The molecule has 3 aromatic rings. The van der Waals surface area contributed by atoms with E-state index in [9.17, 15) is 9.90 Å². The van der Waals surface area contributed by atoms with Crippen molar-refractivity contribution in [3.05, 3.63) is 63.3 Å². The number of halogens is 2. The van der Waals surface area contributed by atoms with Gasteiger partial charge in [0.15, 0.2) is 0 Å². The van der Waals surface area contributed by atoms with Crippen LogP contribution in [-0.2, 0) is 17.8 Å². The van der Waals surface area contributed by atoms with E-state index in [0.29, 0.717) is 22.3 Å². The highest BCUT2D eigenvalue weighted by Gasteiger charge is 2.18. The van der Waals surface area contributed by atoms with Crippen LogP contribution in [0.4, 0.5) is 0 Å². The number of ether oxygens (including phenoxy) is 1. The SMILES string of the molecule is COc1ccc2c(c1)c(CC(=O)O)c(C)n2Cc1c(Cl)cccc1Cl. The Kier molecular flexibility index (Phi) is 4.93. The molecule has 0 amide bonds. The van der Waals surface area contributed by atoms with E-state index in [4.69, 9.17) is 27.9 Å². The minimum Gasteiger partial charge on any atom is -0.497 e. The summed E-state index contributed by atoms with van der Waals surface area (Å²) in [7, 11) is 1.59. The van der Waals surface area contributed by atoms with Crippen LogP contribution in [0.3, 0.4) is 0 Å². The van der Waals surface area contributed by atoms with Gasteiger partial charge in [-0.05, 0) is 42.8 Å². The average molecular weight is 378 g/mol. The third-order valence-corrected chi connectivity index (χ3v) is 5.08. The lowest BCUT2D eigenvalue weighted by atomic mass is 10.1. The van der Waals surface area contributed by atoms with Gasteiger partial charge >= 0.3 is 5.97 Å². The van der Waals surface area contributed by atoms with Gasteiger partial charge in [0, 0.05) is 32.2 Å². The van der Waals surface area contributed by atoms with Crippen molar-refractivity contribution in [2.45, 2.75) is 19.9 Å². The van der Waals surface area contributed by atoms with Crippen LogP contribution in [0, 0.1) is 6.92 Å². The Morgan fingerprint density at radius 1 is 1.16 bits per heavy atom. The number of aliphatic carboxylic acids is 1. The molecule has 0 saturated heterocycles. The predicted molar refractivity (Wildman–Crippen MR) is 100 cm³/mol. The number of carbonyl (C=O) groups is 1. The Bertz CT molecular complexity index is 943. The molecular formula is C19H17Cl2NO3. The summed E-state index contributed by atoms with van der Waals surface area (Å²) in [4.78, 5) is 11.3. The number of methoxy groups -OCH3 is 1. The first-order valence-electron chi connectivity index (χ1n) is 7.72. The Hall–Kier alpha value is -2.17. The van der Waals surface area contributed by atoms with E-state index in [1.807, 2.05) is 29.7 Å². The maximum Gasteiger partial charge on any atom is 0.307 e. The first kappa shape index (κ1) is 17.6. The molecule has 130 valence electrons. The van der Waals surface area contributed by atoms with Gasteiger partial charge in [0.1, 0.15) is 5.75 Å². The van der Waals surface area contributed by atoms with Gasteiger partial charge in [-0.1, -0.05) is 29.3 Å². The highest BCUT2D eigenvalue weighted by Crippen LogP contribution is 2.33. The van der Waals surface area contributed by atoms with Gasteiger partial charge < -0.3 is 14.4 Å². The van der Waals surface area contributed by atoms with Crippen molar-refractivity contribution >= 4 is 40.1 Å². The molecular weight excluding hydrogens is 361 g/mol. The summed E-state index contributed by atoms with van der Waals surface area (Å²) in [6.07, 6.45) is -0.0568. The van der Waals surface area contributed by atoms with Gasteiger partial charge in [-0.15, -0.1) is 0 Å². The van der Waals surface area contributed by atoms with E-state index in [1.54, 1.807) is 25.3 Å². The normalized spacial score (nSPS) is 11.0. The van der Waals surface area contributed by atoms with Crippen LogP contribution < -0.4 is 4.74 Å². The molecule has 1 N–H and O–H groups in total. The molecule has 1 aromatic heterocycles. The second-order valence-corrected chi connectivity index (χ2v) is 6.62. The van der Waals surface area contributed by atoms with Gasteiger partial charge in [0.25, 0.3) is 0 Å². The fourth-order valence-corrected chi connectivity index (χ4v) is 3.59. The summed E-state index contributed by atoms with van der Waals surface area (Å²) >= 11 is 12.6. The topological polar surface area (TPSA) is 51.5 Å². The molecule has 1 heterocycles. The van der Waals surface area contributed by atoms with Crippen LogP contribution in [0.5, 0.6) is 5.75 Å². The molecule has 0 unspecified atom stereocenters. The summed E-state index contributed by atoms with van der Waals surface area (Å²) in [5.74, 6) is -0.187. The zero-order valence-electron chi connectivity index (χ0n) is 13.8. The number of hydrogen-bond acceptors (Lipinski definition) is 2. The van der Waals surface area contributed by atoms with Crippen LogP contribution in [-0.4, -0.2) is 22.8 Å². The highest BCUT2D eigenvalue weighted by molar-refractivity contribution is 6.36. The summed E-state index contributed by atoms with van der Waals surface area (Å²) in [6.45, 7) is 2.38. The smallest absolute Gasteiger partial charge is 0.307 e. The molecule has 6 heteroatoms. The number of aromatic nitrogens is 1. The number of benzene rings is 2. The second kappa shape index (κ2) is 6.98. The molecule has 0 saturated carbocycles. The van der Waals surface area contributed by atoms with E-state index in [1.165, 1.54) is 0 Å². The van der Waals surface area contributed by atoms with Crippen LogP contribution in [0.25, 0.3) is 10.9 Å². The number of rotatable bonds is 5. The van der Waals surface area contributed by atoms with Gasteiger partial charge in [-0.2, -0.15) is 0 Å². The van der Waals surface area contributed by atoms with Crippen LogP contribution in [0.15, 0.2) is 36.4 Å². The zero-order chi connectivity index (χ0) is 18.1. The number of fused-ring (bicyclic) bond motifs is 1. The van der Waals surface area contributed by atoms with Crippen molar-refractivity contribution in [2.24, 2.45) is 0 Å². The molecule has 0 fully saturated rings. The highest BCUT2D eigenvalue weighted by atomic mass is 35.5. The second-order valence-electron chi connectivity index (χ2n) is 5.80. The van der Waals surface area contributed by atoms with E-state index in [-0.39, 0.29) is 6.42 Å². The maximum absolute atomic E-state index is 11.3. The number of nitrogens with zero attached hydrogens (tertiary/aromatic N) is 1. The largest absolute Gasteiger partial charge is 0.497 e. The number of hydrogen-bond donors (Lipinski definition) is 1. The van der Waals surface area contributed by atoms with Gasteiger partial charge in [-0.25, -0.2) is 0 Å². The third-order valence-electron chi connectivity index (χ3n) is 4.37. The maximum atomic E-state index is 11.3. The third kappa shape index (κ3) is 3.32. The molecule has 0 aliphatic heterocycles. The lowest BCUT2D eigenvalue weighted by Crippen LogP contribution is -2.05. The fraction of sp³-hybridized carbons (Fsp3) is 0.211. The summed E-state index contributed by atoms with van der Waals surface area (Å²) in [5, 5.41) is 11.3. The first-order chi connectivity index (χ1) is 11.9. The number of carboxylic acids is 1. The molecule has 0 bridgehead atoms. The summed E-state index contributed by atoms with van der Waals surface area (Å²) < 4.78 is 7.33. The van der Waals surface area contributed by atoms with Crippen molar-refractivity contribution in [1.29, 1.82) is 0 Å². The Balaban J connectivity index is 2.21. The van der Waals surface area contributed by atoms with Crippen LogP contribution >= 0.6 is 23.2 Å². The van der Waals surface area contributed by atoms with Crippen molar-refractivity contribution in [2.75, 3.05) is 7.11 Å². The lowest BCUT2D eigenvalue weighted by Gasteiger charge is -2.12. The van der Waals surface area contributed by atoms with Crippen molar-refractivity contribution < 1.29 is 14.6 Å². The average Bonchev–Trinajstić information content (AvgIpc) is 2.82. The van der Waals surface area contributed by atoms with Crippen LogP contribution in [0.1, 0.15) is 16.8 Å². The molecule has 0 radical (unpaired) electrons. The minimum absolute atomic E-state index is 0.0568. The standard InChI is InChI=1S/C19H17Cl2NO3/c1-11-13(9-19(23)24)14-8-12(25-2)6-7-18(14)22(11)10-15-16(20)4-3-5-17(15)21/h3-8H,9-10H2,1-2H3,(H,23,24). The Morgan fingerprint density at radius 2 is 1.84 bits per heavy atom. The molecule has 25 heavy (non-hydrogen) atoms. The monoisotopic (exact) mass is 377 g/mol. The minimum atomic E-state index is -0.874. The van der Waals surface area contributed by atoms with E-state index in [0.717, 1.165) is 27.7 Å². The summed E-state index contributed by atoms with van der Waals surface area (Å²) in [5.41, 5.74) is 3.38. The molecule has 2 aromatic carbocycles. The van der Waals surface area contributed by atoms with E-state index in [2.05, 4.69) is 0 Å². The van der Waals surface area contributed by atoms with Gasteiger partial charge in [-0.3, -0.25) is 4.79 Å². The van der Waals surface area contributed by atoms with E-state index >= 15 is 0 Å². The number of carboxylic acid groups (broad SMARTS) is 1. The summed E-state index contributed by atoms with van der Waals surface area (Å²) in [6, 6.07) is 11.0. The van der Waals surface area contributed by atoms with Crippen molar-refractivity contribution in [3.63, 3.8) is 0 Å². The zero-order valence-corrected chi connectivity index (χ0v) is 15.4. The van der Waals surface area contributed by atoms with Crippen molar-refractivity contribution in [1.82, 2.24) is 4.57 Å². The quantitative estimate of drug-likeness (QED) is 0.684. The molecule has 0 atom stereocenters.